The van der Waals surface area contributed by atoms with Crippen LogP contribution in [0.15, 0.2) is 12.2 Å². The van der Waals surface area contributed by atoms with Crippen molar-refractivity contribution in [2.24, 2.45) is 11.8 Å². The van der Waals surface area contributed by atoms with Crippen LogP contribution in [0.5, 0.6) is 0 Å². The summed E-state index contributed by atoms with van der Waals surface area (Å²) in [5, 5.41) is 8.82. The summed E-state index contributed by atoms with van der Waals surface area (Å²) in [5.74, 6) is -1.61. The van der Waals surface area contributed by atoms with Crippen molar-refractivity contribution in [3.8, 4) is 0 Å². The van der Waals surface area contributed by atoms with Crippen molar-refractivity contribution in [1.29, 1.82) is 0 Å². The van der Waals surface area contributed by atoms with Crippen LogP contribution < -0.4 is 0 Å². The maximum absolute atomic E-state index is 11.4. The molecular weight excluding hydrogens is 168 g/mol. The van der Waals surface area contributed by atoms with Crippen LogP contribution in [0.2, 0.25) is 0 Å². The lowest BCUT2D eigenvalue weighted by molar-refractivity contribution is -0.144. The second kappa shape index (κ2) is 4.21. The van der Waals surface area contributed by atoms with Gasteiger partial charge in [0.1, 0.15) is 0 Å². The van der Waals surface area contributed by atoms with E-state index >= 15 is 0 Å². The largest absolute Gasteiger partial charge is 0.481 e. The molecule has 0 spiro atoms. The molecule has 1 aliphatic carbocycles. The lowest BCUT2D eigenvalue weighted by atomic mass is 9.92. The van der Waals surface area contributed by atoms with Crippen molar-refractivity contribution in [3.63, 3.8) is 0 Å². The van der Waals surface area contributed by atoms with Crippen LogP contribution in [-0.2, 0) is 9.59 Å². The number of carboxylic acid groups (broad SMARTS) is 1. The molecule has 1 N–H and O–H groups in total. The number of aliphatic carboxylic acids is 1. The van der Waals surface area contributed by atoms with Gasteiger partial charge in [0.25, 0.3) is 0 Å². The molecule has 0 amide bonds. The van der Waals surface area contributed by atoms with Gasteiger partial charge in [-0.1, -0.05) is 12.5 Å². The van der Waals surface area contributed by atoms with Crippen molar-refractivity contribution in [3.05, 3.63) is 12.2 Å². The molecule has 1 rings (SSSR count). The standard InChI is InChI=1S/C10H14O3/c1-2-4-9(11)7-5-3-6-8(7)10(12)13/h2,4,7-8H,3,5-6H2,1H3,(H,12,13)/b4-2+. The Bertz CT molecular complexity index is 243. The molecule has 2 unspecified atom stereocenters. The van der Waals surface area contributed by atoms with Crippen LogP contribution in [0.1, 0.15) is 26.2 Å². The van der Waals surface area contributed by atoms with Crippen molar-refractivity contribution in [2.45, 2.75) is 26.2 Å². The first-order valence-corrected chi connectivity index (χ1v) is 4.56. The average molecular weight is 182 g/mol. The van der Waals surface area contributed by atoms with Gasteiger partial charge >= 0.3 is 5.97 Å². The van der Waals surface area contributed by atoms with Crippen molar-refractivity contribution < 1.29 is 14.7 Å². The summed E-state index contributed by atoms with van der Waals surface area (Å²) in [7, 11) is 0. The molecule has 3 nitrogen and oxygen atoms in total. The number of ketones is 1. The van der Waals surface area contributed by atoms with Gasteiger partial charge in [0.05, 0.1) is 5.92 Å². The van der Waals surface area contributed by atoms with E-state index in [4.69, 9.17) is 5.11 Å². The SMILES string of the molecule is C/C=C/C(=O)C1CCCC1C(=O)O. The third-order valence-electron chi connectivity index (χ3n) is 2.53. The number of carbonyl (C=O) groups is 2. The molecule has 0 aromatic rings. The van der Waals surface area contributed by atoms with E-state index < -0.39 is 11.9 Å². The molecule has 2 atom stereocenters. The van der Waals surface area contributed by atoms with Crippen LogP contribution in [0.3, 0.4) is 0 Å². The molecular formula is C10H14O3. The molecule has 0 aromatic carbocycles. The van der Waals surface area contributed by atoms with Gasteiger partial charge in [0.2, 0.25) is 0 Å². The highest BCUT2D eigenvalue weighted by Crippen LogP contribution is 2.32. The molecule has 72 valence electrons. The van der Waals surface area contributed by atoms with E-state index in [9.17, 15) is 9.59 Å². The Morgan fingerprint density at radius 2 is 1.92 bits per heavy atom. The molecule has 0 saturated heterocycles. The minimum absolute atomic E-state index is 0.0348. The van der Waals surface area contributed by atoms with Gasteiger partial charge in [-0.3, -0.25) is 9.59 Å². The fourth-order valence-corrected chi connectivity index (χ4v) is 1.88. The van der Waals surface area contributed by atoms with Gasteiger partial charge in [0.15, 0.2) is 5.78 Å². The predicted octanol–water partition coefficient (Wildman–Crippen LogP) is 1.63. The summed E-state index contributed by atoms with van der Waals surface area (Å²) in [6.45, 7) is 1.77. The Hall–Kier alpha value is -1.12. The van der Waals surface area contributed by atoms with Gasteiger partial charge in [0, 0.05) is 5.92 Å². The van der Waals surface area contributed by atoms with Crippen LogP contribution >= 0.6 is 0 Å². The Morgan fingerprint density at radius 1 is 1.31 bits per heavy atom. The van der Waals surface area contributed by atoms with Crippen molar-refractivity contribution in [1.82, 2.24) is 0 Å². The van der Waals surface area contributed by atoms with E-state index in [1.807, 2.05) is 0 Å². The van der Waals surface area contributed by atoms with Gasteiger partial charge in [-0.15, -0.1) is 0 Å². The zero-order valence-electron chi connectivity index (χ0n) is 7.69. The van der Waals surface area contributed by atoms with Gasteiger partial charge in [-0.2, -0.15) is 0 Å². The third-order valence-corrected chi connectivity index (χ3v) is 2.53. The smallest absolute Gasteiger partial charge is 0.307 e. The summed E-state index contributed by atoms with van der Waals surface area (Å²) < 4.78 is 0. The monoisotopic (exact) mass is 182 g/mol. The number of hydrogen-bond acceptors (Lipinski definition) is 2. The Balaban J connectivity index is 2.68. The Labute approximate surface area is 77.4 Å². The average Bonchev–Trinajstić information content (AvgIpc) is 2.52. The zero-order valence-corrected chi connectivity index (χ0v) is 7.69. The quantitative estimate of drug-likeness (QED) is 0.675. The minimum Gasteiger partial charge on any atom is -0.481 e. The fraction of sp³-hybridized carbons (Fsp3) is 0.600. The third kappa shape index (κ3) is 2.17. The summed E-state index contributed by atoms with van der Waals surface area (Å²) >= 11 is 0. The van der Waals surface area contributed by atoms with Crippen molar-refractivity contribution in [2.75, 3.05) is 0 Å². The predicted molar refractivity (Wildman–Crippen MR) is 48.3 cm³/mol. The normalized spacial score (nSPS) is 28.1. The molecule has 3 heteroatoms. The van der Waals surface area contributed by atoms with E-state index in [1.165, 1.54) is 6.08 Å². The number of rotatable bonds is 3. The highest BCUT2D eigenvalue weighted by atomic mass is 16.4. The number of hydrogen-bond donors (Lipinski definition) is 1. The number of allylic oxidation sites excluding steroid dienone is 2. The second-order valence-electron chi connectivity index (χ2n) is 3.38. The van der Waals surface area contributed by atoms with E-state index in [2.05, 4.69) is 0 Å². The summed E-state index contributed by atoms with van der Waals surface area (Å²) in [6.07, 6.45) is 5.36. The molecule has 0 aromatic heterocycles. The first-order chi connectivity index (χ1) is 6.16. The highest BCUT2D eigenvalue weighted by molar-refractivity contribution is 5.94. The van der Waals surface area contributed by atoms with Crippen LogP contribution in [0, 0.1) is 11.8 Å². The highest BCUT2D eigenvalue weighted by Gasteiger charge is 2.36. The van der Waals surface area contributed by atoms with E-state index in [1.54, 1.807) is 13.0 Å². The lowest BCUT2D eigenvalue weighted by Gasteiger charge is -2.11. The maximum atomic E-state index is 11.4. The molecule has 0 aliphatic heterocycles. The fourth-order valence-electron chi connectivity index (χ4n) is 1.88. The maximum Gasteiger partial charge on any atom is 0.307 e. The second-order valence-corrected chi connectivity index (χ2v) is 3.38. The lowest BCUT2D eigenvalue weighted by Crippen LogP contribution is -2.23. The molecule has 0 bridgehead atoms. The minimum atomic E-state index is -0.833. The Kier molecular flexibility index (Phi) is 3.23. The molecule has 13 heavy (non-hydrogen) atoms. The molecule has 0 radical (unpaired) electrons. The number of carbonyl (C=O) groups excluding carboxylic acids is 1. The zero-order chi connectivity index (χ0) is 9.84. The van der Waals surface area contributed by atoms with E-state index in [0.29, 0.717) is 6.42 Å². The van der Waals surface area contributed by atoms with E-state index in [0.717, 1.165) is 12.8 Å². The van der Waals surface area contributed by atoms with Gasteiger partial charge < -0.3 is 5.11 Å². The molecule has 1 aliphatic rings. The molecule has 0 heterocycles. The first kappa shape index (κ1) is 9.96. The summed E-state index contributed by atoms with van der Waals surface area (Å²) in [6, 6.07) is 0. The van der Waals surface area contributed by atoms with Crippen LogP contribution in [0.4, 0.5) is 0 Å². The Morgan fingerprint density at radius 3 is 2.46 bits per heavy atom. The summed E-state index contributed by atoms with van der Waals surface area (Å²) in [4.78, 5) is 22.2. The number of carboxylic acids is 1. The van der Waals surface area contributed by atoms with Crippen LogP contribution in [0.25, 0.3) is 0 Å². The summed E-state index contributed by atoms with van der Waals surface area (Å²) in [5.41, 5.74) is 0. The van der Waals surface area contributed by atoms with E-state index in [-0.39, 0.29) is 11.7 Å². The topological polar surface area (TPSA) is 54.4 Å². The molecule has 1 saturated carbocycles. The van der Waals surface area contributed by atoms with Gasteiger partial charge in [-0.25, -0.2) is 0 Å². The van der Waals surface area contributed by atoms with Gasteiger partial charge in [-0.05, 0) is 25.8 Å². The van der Waals surface area contributed by atoms with Crippen molar-refractivity contribution >= 4 is 11.8 Å². The molecule has 1 fully saturated rings. The van der Waals surface area contributed by atoms with Crippen LogP contribution in [-0.4, -0.2) is 16.9 Å². The first-order valence-electron chi connectivity index (χ1n) is 4.56.